The molecule has 0 unspecified atom stereocenters. The van der Waals surface area contributed by atoms with Crippen molar-refractivity contribution in [3.05, 3.63) is 65.7 Å². The van der Waals surface area contributed by atoms with E-state index < -0.39 is 0 Å². The highest BCUT2D eigenvalue weighted by molar-refractivity contribution is 5.79. The fourth-order valence-electron chi connectivity index (χ4n) is 3.42. The summed E-state index contributed by atoms with van der Waals surface area (Å²) in [6.45, 7) is 1.71. The molecule has 2 aromatic rings. The Bertz CT molecular complexity index is 670. The molecule has 0 aromatic heterocycles. The number of nitrogens with two attached hydrogens (primary N) is 1. The van der Waals surface area contributed by atoms with Crippen LogP contribution in [0.2, 0.25) is 0 Å². The summed E-state index contributed by atoms with van der Waals surface area (Å²) in [5.74, 6) is 1.44. The van der Waals surface area contributed by atoms with E-state index in [0.717, 1.165) is 36.1 Å². The first-order valence-electron chi connectivity index (χ1n) is 8.99. The van der Waals surface area contributed by atoms with E-state index in [0.29, 0.717) is 25.6 Å². The van der Waals surface area contributed by atoms with Gasteiger partial charge in [0.2, 0.25) is 5.91 Å². The van der Waals surface area contributed by atoms with E-state index in [1.54, 1.807) is 0 Å². The van der Waals surface area contributed by atoms with Crippen LogP contribution >= 0.6 is 0 Å². The van der Waals surface area contributed by atoms with Crippen molar-refractivity contribution in [3.8, 4) is 5.75 Å². The highest BCUT2D eigenvalue weighted by Gasteiger charge is 2.31. The van der Waals surface area contributed by atoms with Gasteiger partial charge in [-0.15, -0.1) is 0 Å². The van der Waals surface area contributed by atoms with E-state index in [1.807, 2.05) is 54.6 Å². The Hall–Kier alpha value is -2.33. The van der Waals surface area contributed by atoms with Gasteiger partial charge in [0.15, 0.2) is 0 Å². The number of amides is 1. The van der Waals surface area contributed by atoms with Crippen LogP contribution in [0.4, 0.5) is 0 Å². The maximum atomic E-state index is 12.3. The predicted octanol–water partition coefficient (Wildman–Crippen LogP) is 3.26. The minimum absolute atomic E-state index is 0.0866. The van der Waals surface area contributed by atoms with Crippen molar-refractivity contribution in [2.45, 2.75) is 32.4 Å². The minimum atomic E-state index is 0.0866. The Morgan fingerprint density at radius 1 is 1.04 bits per heavy atom. The number of para-hydroxylation sites is 1. The molecule has 1 aliphatic rings. The van der Waals surface area contributed by atoms with E-state index in [-0.39, 0.29) is 11.8 Å². The second-order valence-corrected chi connectivity index (χ2v) is 6.67. The van der Waals surface area contributed by atoms with Gasteiger partial charge in [-0.05, 0) is 48.6 Å². The lowest BCUT2D eigenvalue weighted by molar-refractivity contribution is -0.126. The van der Waals surface area contributed by atoms with Crippen LogP contribution in [-0.2, 0) is 17.9 Å². The molecule has 4 heteroatoms. The number of rotatable bonds is 7. The molecule has 1 saturated carbocycles. The van der Waals surface area contributed by atoms with Crippen LogP contribution in [0.15, 0.2) is 54.6 Å². The standard InChI is InChI=1S/C21H26N2O2/c22-13-18-5-4-8-20(18)21(24)23-14-16-9-11-17(12-10-16)15-25-19-6-2-1-3-7-19/h1-3,6-7,9-12,18,20H,4-5,8,13-15,22H2,(H,23,24)/t18-,20-/m1/s1. The first kappa shape index (κ1) is 17.5. The zero-order valence-corrected chi connectivity index (χ0v) is 14.5. The molecule has 4 nitrogen and oxygen atoms in total. The minimum Gasteiger partial charge on any atom is -0.489 e. The van der Waals surface area contributed by atoms with Gasteiger partial charge in [0.25, 0.3) is 0 Å². The lowest BCUT2D eigenvalue weighted by Crippen LogP contribution is -2.34. The Labute approximate surface area is 149 Å². The maximum absolute atomic E-state index is 12.3. The molecular weight excluding hydrogens is 312 g/mol. The molecule has 0 aliphatic heterocycles. The molecule has 0 spiro atoms. The zero-order valence-electron chi connectivity index (χ0n) is 14.5. The molecule has 0 saturated heterocycles. The molecule has 0 radical (unpaired) electrons. The molecule has 0 bridgehead atoms. The van der Waals surface area contributed by atoms with Crippen molar-refractivity contribution in [1.82, 2.24) is 5.32 Å². The van der Waals surface area contributed by atoms with Gasteiger partial charge in [-0.3, -0.25) is 4.79 Å². The van der Waals surface area contributed by atoms with Crippen LogP contribution in [0.3, 0.4) is 0 Å². The van der Waals surface area contributed by atoms with Crippen molar-refractivity contribution < 1.29 is 9.53 Å². The molecule has 2 aromatic carbocycles. The molecule has 25 heavy (non-hydrogen) atoms. The average Bonchev–Trinajstić information content (AvgIpc) is 3.15. The van der Waals surface area contributed by atoms with Gasteiger partial charge >= 0.3 is 0 Å². The van der Waals surface area contributed by atoms with Crippen LogP contribution in [0.25, 0.3) is 0 Å². The highest BCUT2D eigenvalue weighted by atomic mass is 16.5. The van der Waals surface area contributed by atoms with Crippen molar-refractivity contribution in [1.29, 1.82) is 0 Å². The van der Waals surface area contributed by atoms with Crippen molar-refractivity contribution >= 4 is 5.91 Å². The summed E-state index contributed by atoms with van der Waals surface area (Å²) in [5.41, 5.74) is 7.97. The van der Waals surface area contributed by atoms with Crippen LogP contribution < -0.4 is 15.8 Å². The van der Waals surface area contributed by atoms with Gasteiger partial charge < -0.3 is 15.8 Å². The third-order valence-corrected chi connectivity index (χ3v) is 4.94. The van der Waals surface area contributed by atoms with E-state index in [4.69, 9.17) is 10.5 Å². The summed E-state index contributed by atoms with van der Waals surface area (Å²) in [6.07, 6.45) is 3.14. The third kappa shape index (κ3) is 4.83. The molecular formula is C21H26N2O2. The topological polar surface area (TPSA) is 64.4 Å². The van der Waals surface area contributed by atoms with Gasteiger partial charge in [-0.1, -0.05) is 48.9 Å². The molecule has 132 valence electrons. The summed E-state index contributed by atoms with van der Waals surface area (Å²) in [5, 5.41) is 3.06. The van der Waals surface area contributed by atoms with Gasteiger partial charge in [0.05, 0.1) is 0 Å². The molecule has 3 N–H and O–H groups in total. The lowest BCUT2D eigenvalue weighted by Gasteiger charge is -2.17. The normalized spacial score (nSPS) is 19.6. The summed E-state index contributed by atoms with van der Waals surface area (Å²) in [7, 11) is 0. The Morgan fingerprint density at radius 2 is 1.76 bits per heavy atom. The number of carbonyl (C=O) groups excluding carboxylic acids is 1. The van der Waals surface area contributed by atoms with Gasteiger partial charge in [0, 0.05) is 12.5 Å². The first-order chi connectivity index (χ1) is 12.3. The second kappa shape index (κ2) is 8.67. The quantitative estimate of drug-likeness (QED) is 0.814. The largest absolute Gasteiger partial charge is 0.489 e. The summed E-state index contributed by atoms with van der Waals surface area (Å²) < 4.78 is 5.74. The van der Waals surface area contributed by atoms with Crippen molar-refractivity contribution in [3.63, 3.8) is 0 Å². The number of hydrogen-bond donors (Lipinski definition) is 2. The zero-order chi connectivity index (χ0) is 17.5. The summed E-state index contributed by atoms with van der Waals surface area (Å²) >= 11 is 0. The summed E-state index contributed by atoms with van der Waals surface area (Å²) in [4.78, 5) is 12.3. The van der Waals surface area contributed by atoms with E-state index in [2.05, 4.69) is 5.32 Å². The molecule has 0 heterocycles. The van der Waals surface area contributed by atoms with Crippen LogP contribution in [0, 0.1) is 11.8 Å². The number of benzene rings is 2. The molecule has 1 fully saturated rings. The Morgan fingerprint density at radius 3 is 2.48 bits per heavy atom. The lowest BCUT2D eigenvalue weighted by atomic mass is 9.95. The van der Waals surface area contributed by atoms with Crippen LogP contribution in [-0.4, -0.2) is 12.5 Å². The van der Waals surface area contributed by atoms with E-state index in [1.165, 1.54) is 0 Å². The SMILES string of the molecule is NC[C@H]1CCC[C@H]1C(=O)NCc1ccc(COc2ccccc2)cc1. The van der Waals surface area contributed by atoms with Crippen molar-refractivity contribution in [2.75, 3.05) is 6.54 Å². The molecule has 1 amide bonds. The molecule has 1 aliphatic carbocycles. The fraction of sp³-hybridized carbons (Fsp3) is 0.381. The number of carbonyl (C=O) groups is 1. The molecule has 3 rings (SSSR count). The monoisotopic (exact) mass is 338 g/mol. The first-order valence-corrected chi connectivity index (χ1v) is 8.99. The number of nitrogens with one attached hydrogen (secondary N) is 1. The number of ether oxygens (including phenoxy) is 1. The van der Waals surface area contributed by atoms with Gasteiger partial charge in [-0.2, -0.15) is 0 Å². The van der Waals surface area contributed by atoms with Gasteiger partial charge in [0.1, 0.15) is 12.4 Å². The Kier molecular flexibility index (Phi) is 6.07. The van der Waals surface area contributed by atoms with Gasteiger partial charge in [-0.25, -0.2) is 0 Å². The number of hydrogen-bond acceptors (Lipinski definition) is 3. The van der Waals surface area contributed by atoms with E-state index in [9.17, 15) is 4.79 Å². The highest BCUT2D eigenvalue weighted by Crippen LogP contribution is 2.31. The van der Waals surface area contributed by atoms with E-state index >= 15 is 0 Å². The van der Waals surface area contributed by atoms with Crippen molar-refractivity contribution in [2.24, 2.45) is 17.6 Å². The summed E-state index contributed by atoms with van der Waals surface area (Å²) in [6, 6.07) is 17.9. The van der Waals surface area contributed by atoms with Crippen LogP contribution in [0.5, 0.6) is 5.75 Å². The maximum Gasteiger partial charge on any atom is 0.223 e. The Balaban J connectivity index is 1.47. The third-order valence-electron chi connectivity index (χ3n) is 4.94. The average molecular weight is 338 g/mol. The fourth-order valence-corrected chi connectivity index (χ4v) is 3.42. The second-order valence-electron chi connectivity index (χ2n) is 6.67. The molecule has 2 atom stereocenters. The smallest absolute Gasteiger partial charge is 0.223 e. The van der Waals surface area contributed by atoms with Crippen LogP contribution in [0.1, 0.15) is 30.4 Å². The predicted molar refractivity (Wildman–Crippen MR) is 98.9 cm³/mol.